The number of nitrogens with zero attached hydrogens (tertiary/aromatic N) is 4. The monoisotopic (exact) mass is 584 g/mol. The maximum atomic E-state index is 12.4. The van der Waals surface area contributed by atoms with Crippen molar-refractivity contribution in [3.8, 4) is 5.75 Å². The molecule has 0 spiro atoms. The molecule has 0 heterocycles. The predicted molar refractivity (Wildman–Crippen MR) is 132 cm³/mol. The standard InChI is InChI=1S/C24H20N4O7S2.2Na/c1-14-11-17(25-26-22-9-6-18(12-15(22)2)36(30,31)32)4-8-21(14)27-28-24-20-7-5-19(37(33,34)35)13-16(20)3-10-23(24)29;;/h3-13,29H,1-2H3,(H,30,31,32)(H,33,34,35);;/q;2*+1/p-2. The van der Waals surface area contributed by atoms with Gasteiger partial charge in [-0.05, 0) is 78.9 Å². The van der Waals surface area contributed by atoms with Crippen LogP contribution in [0.4, 0.5) is 22.7 Å². The molecule has 4 aromatic rings. The zero-order chi connectivity index (χ0) is 27.0. The Morgan fingerprint density at radius 1 is 0.692 bits per heavy atom. The van der Waals surface area contributed by atoms with E-state index in [0.717, 1.165) is 0 Å². The van der Waals surface area contributed by atoms with Gasteiger partial charge in [0.2, 0.25) is 0 Å². The van der Waals surface area contributed by atoms with Gasteiger partial charge in [-0.3, -0.25) is 4.55 Å². The number of aryl methyl sites for hydroxylation is 2. The third-order valence-corrected chi connectivity index (χ3v) is 7.07. The number of azo groups is 2. The number of benzene rings is 4. The molecule has 190 valence electrons. The van der Waals surface area contributed by atoms with Crippen LogP contribution in [0.25, 0.3) is 10.8 Å². The average molecular weight is 585 g/mol. The van der Waals surface area contributed by atoms with Gasteiger partial charge in [-0.2, -0.15) is 28.9 Å². The Morgan fingerprint density at radius 3 is 1.87 bits per heavy atom. The smallest absolute Gasteiger partial charge is 0.871 e. The Bertz CT molecular complexity index is 1830. The minimum absolute atomic E-state index is 0. The van der Waals surface area contributed by atoms with Crippen LogP contribution in [-0.4, -0.2) is 25.9 Å². The molecule has 1 N–H and O–H groups in total. The van der Waals surface area contributed by atoms with Crippen LogP contribution in [0.15, 0.2) is 97.0 Å². The van der Waals surface area contributed by atoms with E-state index >= 15 is 0 Å². The summed E-state index contributed by atoms with van der Waals surface area (Å²) in [5.74, 6) is -0.412. The van der Waals surface area contributed by atoms with Gasteiger partial charge in [0.05, 0.1) is 32.5 Å². The van der Waals surface area contributed by atoms with Crippen LogP contribution in [0.1, 0.15) is 11.1 Å². The van der Waals surface area contributed by atoms with E-state index in [9.17, 15) is 31.0 Å². The fourth-order valence-corrected chi connectivity index (χ4v) is 4.53. The molecule has 0 radical (unpaired) electrons. The van der Waals surface area contributed by atoms with Crippen LogP contribution in [0.2, 0.25) is 0 Å². The second kappa shape index (κ2) is 13.1. The first-order valence-corrected chi connectivity index (χ1v) is 13.4. The van der Waals surface area contributed by atoms with Gasteiger partial charge < -0.3 is 9.66 Å². The Labute approximate surface area is 269 Å². The first-order valence-electron chi connectivity index (χ1n) is 10.5. The molecule has 0 aliphatic rings. The second-order valence-electron chi connectivity index (χ2n) is 8.04. The fraction of sp³-hybridized carbons (Fsp3) is 0.0833. The predicted octanol–water partition coefficient (Wildman–Crippen LogP) is -0.480. The van der Waals surface area contributed by atoms with E-state index in [4.69, 9.17) is 0 Å². The van der Waals surface area contributed by atoms with E-state index in [1.807, 2.05) is 0 Å². The molecule has 0 saturated heterocycles. The largest absolute Gasteiger partial charge is 1.00 e. The van der Waals surface area contributed by atoms with Crippen LogP contribution < -0.4 is 64.2 Å². The van der Waals surface area contributed by atoms with Crippen molar-refractivity contribution in [2.24, 2.45) is 20.5 Å². The molecule has 0 aliphatic carbocycles. The van der Waals surface area contributed by atoms with Gasteiger partial charge in [-0.15, -0.1) is 0 Å². The van der Waals surface area contributed by atoms with Crippen molar-refractivity contribution in [2.45, 2.75) is 23.6 Å². The number of rotatable bonds is 6. The molecule has 0 saturated carbocycles. The summed E-state index contributed by atoms with van der Waals surface area (Å²) in [7, 11) is -8.96. The van der Waals surface area contributed by atoms with E-state index in [1.54, 1.807) is 32.0 Å². The van der Waals surface area contributed by atoms with Crippen LogP contribution in [-0.2, 0) is 20.2 Å². The molecule has 4 rings (SSSR count). The third-order valence-electron chi connectivity index (χ3n) is 5.39. The van der Waals surface area contributed by atoms with Crippen molar-refractivity contribution < 1.29 is 90.2 Å². The number of hydrogen-bond donors (Lipinski definition) is 1. The molecule has 0 bridgehead atoms. The van der Waals surface area contributed by atoms with Crippen LogP contribution in [0, 0.1) is 13.8 Å². The molecule has 0 amide bonds. The molecule has 0 fully saturated rings. The molecule has 15 heteroatoms. The maximum absolute atomic E-state index is 12.4. The van der Waals surface area contributed by atoms with E-state index in [1.165, 1.54) is 48.5 Å². The Balaban J connectivity index is 0.00000267. The van der Waals surface area contributed by atoms with Gasteiger partial charge >= 0.3 is 59.1 Å². The van der Waals surface area contributed by atoms with E-state index in [2.05, 4.69) is 20.5 Å². The molecule has 4 aromatic carbocycles. The number of fused-ring (bicyclic) bond motifs is 1. The van der Waals surface area contributed by atoms with Crippen molar-refractivity contribution in [3.63, 3.8) is 0 Å². The first-order chi connectivity index (χ1) is 17.3. The van der Waals surface area contributed by atoms with Gasteiger partial charge in [0, 0.05) is 5.39 Å². The van der Waals surface area contributed by atoms with Crippen LogP contribution >= 0.6 is 0 Å². The summed E-state index contributed by atoms with van der Waals surface area (Å²) in [6.07, 6.45) is 0. The van der Waals surface area contributed by atoms with Crippen molar-refractivity contribution in [1.82, 2.24) is 0 Å². The van der Waals surface area contributed by atoms with E-state index in [-0.39, 0.29) is 74.6 Å². The molecule has 39 heavy (non-hydrogen) atoms. The second-order valence-corrected chi connectivity index (χ2v) is 10.8. The molecular weight excluding hydrogens is 566 g/mol. The maximum Gasteiger partial charge on any atom is 1.00 e. The van der Waals surface area contributed by atoms with Gasteiger partial charge in [0.15, 0.2) is 0 Å². The van der Waals surface area contributed by atoms with Crippen molar-refractivity contribution >= 4 is 53.8 Å². The van der Waals surface area contributed by atoms with Gasteiger partial charge in [-0.1, -0.05) is 23.9 Å². The molecule has 0 aliphatic heterocycles. The summed E-state index contributed by atoms with van der Waals surface area (Å²) < 4.78 is 65.5. The quantitative estimate of drug-likeness (QED) is 0.180. The Hall–Kier alpha value is -2.04. The number of hydrogen-bond acceptors (Lipinski definition) is 10. The van der Waals surface area contributed by atoms with E-state index < -0.39 is 26.0 Å². The Kier molecular flexibility index (Phi) is 11.1. The normalized spacial score (nSPS) is 12.0. The molecular formula is C24H18N4Na2O7S2. The summed E-state index contributed by atoms with van der Waals surface area (Å²) in [6, 6.07) is 15.2. The zero-order valence-electron chi connectivity index (χ0n) is 21.4. The minimum Gasteiger partial charge on any atom is -0.871 e. The van der Waals surface area contributed by atoms with Gasteiger partial charge in [0.1, 0.15) is 10.1 Å². The summed E-state index contributed by atoms with van der Waals surface area (Å²) in [5, 5.41) is 29.7. The van der Waals surface area contributed by atoms with Crippen molar-refractivity contribution in [2.75, 3.05) is 0 Å². The molecule has 11 nitrogen and oxygen atoms in total. The van der Waals surface area contributed by atoms with Gasteiger partial charge in [0.25, 0.3) is 10.1 Å². The van der Waals surface area contributed by atoms with Crippen molar-refractivity contribution in [1.29, 1.82) is 0 Å². The topological polar surface area (TPSA) is 184 Å². The Morgan fingerprint density at radius 2 is 1.28 bits per heavy atom. The first kappa shape index (κ1) is 33.2. The molecule has 0 atom stereocenters. The summed E-state index contributed by atoms with van der Waals surface area (Å²) in [4.78, 5) is -0.649. The van der Waals surface area contributed by atoms with E-state index in [0.29, 0.717) is 39.0 Å². The fourth-order valence-electron chi connectivity index (χ4n) is 3.46. The summed E-state index contributed by atoms with van der Waals surface area (Å²) in [5.41, 5.74) is 2.47. The zero-order valence-corrected chi connectivity index (χ0v) is 27.0. The molecule has 0 unspecified atom stereocenters. The van der Waals surface area contributed by atoms with Crippen molar-refractivity contribution in [3.05, 3.63) is 77.9 Å². The minimum atomic E-state index is -4.56. The SMILES string of the molecule is Cc1cc(S(=O)(=O)[O-])ccc1N=Nc1ccc(N=Nc2c([O-])ccc3cc(S(=O)(=O)O)ccc23)c(C)c1.[Na+].[Na+]. The van der Waals surface area contributed by atoms with Crippen LogP contribution in [0.5, 0.6) is 5.75 Å². The van der Waals surface area contributed by atoms with Gasteiger partial charge in [-0.25, -0.2) is 8.42 Å². The van der Waals surface area contributed by atoms with Crippen LogP contribution in [0.3, 0.4) is 0 Å². The summed E-state index contributed by atoms with van der Waals surface area (Å²) >= 11 is 0. The average Bonchev–Trinajstić information content (AvgIpc) is 2.82. The third kappa shape index (κ3) is 8.01. The molecule has 0 aromatic heterocycles. The summed E-state index contributed by atoms with van der Waals surface area (Å²) in [6.45, 7) is 3.37.